The topological polar surface area (TPSA) is 17.8 Å². The van der Waals surface area contributed by atoms with Crippen LogP contribution in [0.25, 0.3) is 11.4 Å². The van der Waals surface area contributed by atoms with Gasteiger partial charge in [-0.15, -0.1) is 0 Å². The van der Waals surface area contributed by atoms with Crippen molar-refractivity contribution in [3.05, 3.63) is 41.2 Å². The first-order chi connectivity index (χ1) is 7.89. The monoisotopic (exact) mass is 260 g/mol. The van der Waals surface area contributed by atoms with E-state index >= 15 is 0 Å². The van der Waals surface area contributed by atoms with Crippen LogP contribution >= 0.6 is 11.6 Å². The molecule has 0 amide bonds. The van der Waals surface area contributed by atoms with Crippen molar-refractivity contribution < 1.29 is 13.2 Å². The Bertz CT molecular complexity index is 529. The molecule has 0 aliphatic heterocycles. The van der Waals surface area contributed by atoms with Crippen LogP contribution in [0.2, 0.25) is 5.02 Å². The van der Waals surface area contributed by atoms with Crippen molar-refractivity contribution in [3.8, 4) is 11.4 Å². The van der Waals surface area contributed by atoms with Gasteiger partial charge in [0.1, 0.15) is 11.5 Å². The van der Waals surface area contributed by atoms with Gasteiger partial charge in [-0.05, 0) is 24.3 Å². The van der Waals surface area contributed by atoms with Crippen LogP contribution in [0.4, 0.5) is 13.2 Å². The number of imidazole rings is 1. The van der Waals surface area contributed by atoms with E-state index in [0.717, 1.165) is 10.8 Å². The molecule has 0 bridgehead atoms. The normalized spacial score (nSPS) is 11.8. The fraction of sp³-hybridized carbons (Fsp3) is 0.182. The summed E-state index contributed by atoms with van der Waals surface area (Å²) >= 11 is 5.71. The fourth-order valence-corrected chi connectivity index (χ4v) is 1.67. The Labute approximate surface area is 101 Å². The molecule has 1 aromatic carbocycles. The van der Waals surface area contributed by atoms with Crippen molar-refractivity contribution in [1.82, 2.24) is 9.55 Å². The minimum atomic E-state index is -4.40. The second-order valence-corrected chi connectivity index (χ2v) is 3.97. The lowest BCUT2D eigenvalue weighted by molar-refractivity contribution is -0.143. The average molecular weight is 261 g/mol. The predicted molar refractivity (Wildman–Crippen MR) is 58.7 cm³/mol. The van der Waals surface area contributed by atoms with Crippen LogP contribution < -0.4 is 0 Å². The van der Waals surface area contributed by atoms with E-state index < -0.39 is 11.9 Å². The van der Waals surface area contributed by atoms with E-state index in [1.165, 1.54) is 7.05 Å². The van der Waals surface area contributed by atoms with Gasteiger partial charge in [0.05, 0.1) is 6.20 Å². The highest BCUT2D eigenvalue weighted by Gasteiger charge is 2.35. The van der Waals surface area contributed by atoms with Crippen molar-refractivity contribution in [1.29, 1.82) is 0 Å². The van der Waals surface area contributed by atoms with E-state index in [1.54, 1.807) is 24.3 Å². The molecular formula is C11H8ClF3N2. The van der Waals surface area contributed by atoms with Crippen molar-refractivity contribution in [3.63, 3.8) is 0 Å². The Morgan fingerprint density at radius 1 is 1.18 bits per heavy atom. The maximum Gasteiger partial charge on any atom is 0.433 e. The lowest BCUT2D eigenvalue weighted by Crippen LogP contribution is -2.11. The molecule has 0 saturated carbocycles. The van der Waals surface area contributed by atoms with Gasteiger partial charge >= 0.3 is 6.18 Å². The van der Waals surface area contributed by atoms with Gasteiger partial charge in [0.2, 0.25) is 0 Å². The first-order valence-corrected chi connectivity index (χ1v) is 5.12. The van der Waals surface area contributed by atoms with Gasteiger partial charge in [-0.2, -0.15) is 13.2 Å². The van der Waals surface area contributed by atoms with Crippen LogP contribution in [-0.2, 0) is 13.2 Å². The molecule has 0 spiro atoms. The number of hydrogen-bond acceptors (Lipinski definition) is 1. The number of alkyl halides is 3. The van der Waals surface area contributed by atoms with E-state index in [2.05, 4.69) is 4.98 Å². The van der Waals surface area contributed by atoms with Gasteiger partial charge in [-0.3, -0.25) is 0 Å². The lowest BCUT2D eigenvalue weighted by atomic mass is 10.2. The summed E-state index contributed by atoms with van der Waals surface area (Å²) in [5.41, 5.74) is -0.185. The molecule has 2 nitrogen and oxygen atoms in total. The number of rotatable bonds is 1. The summed E-state index contributed by atoms with van der Waals surface area (Å²) in [6, 6.07) is 6.48. The van der Waals surface area contributed by atoms with E-state index in [4.69, 9.17) is 11.6 Å². The molecule has 0 radical (unpaired) electrons. The number of hydrogen-bond donors (Lipinski definition) is 0. The van der Waals surface area contributed by atoms with Gasteiger partial charge in [0, 0.05) is 17.6 Å². The van der Waals surface area contributed by atoms with Crippen LogP contribution in [0.15, 0.2) is 30.5 Å². The standard InChI is InChI=1S/C11H8ClF3N2/c1-17-9(11(13,14)15)6-16-10(17)7-2-4-8(12)5-3-7/h2-6H,1H3. The van der Waals surface area contributed by atoms with Crippen molar-refractivity contribution in [2.45, 2.75) is 6.18 Å². The Hall–Kier alpha value is -1.49. The molecule has 0 fully saturated rings. The van der Waals surface area contributed by atoms with E-state index in [1.807, 2.05) is 0 Å². The Morgan fingerprint density at radius 3 is 2.24 bits per heavy atom. The summed E-state index contributed by atoms with van der Waals surface area (Å²) < 4.78 is 38.7. The average Bonchev–Trinajstić information content (AvgIpc) is 2.61. The van der Waals surface area contributed by atoms with Gasteiger partial charge in [-0.25, -0.2) is 4.98 Å². The summed E-state index contributed by atoms with van der Waals surface area (Å²) in [7, 11) is 1.33. The van der Waals surface area contributed by atoms with E-state index in [9.17, 15) is 13.2 Å². The van der Waals surface area contributed by atoms with Crippen LogP contribution in [0.3, 0.4) is 0 Å². The molecule has 0 N–H and O–H groups in total. The molecular weight excluding hydrogens is 253 g/mol. The molecule has 90 valence electrons. The molecule has 6 heteroatoms. The third-order valence-corrected chi connectivity index (χ3v) is 2.63. The highest BCUT2D eigenvalue weighted by molar-refractivity contribution is 6.30. The van der Waals surface area contributed by atoms with E-state index in [-0.39, 0.29) is 5.82 Å². The smallest absolute Gasteiger partial charge is 0.324 e. The van der Waals surface area contributed by atoms with Gasteiger partial charge < -0.3 is 4.57 Å². The molecule has 0 aliphatic carbocycles. The van der Waals surface area contributed by atoms with Crippen molar-refractivity contribution in [2.75, 3.05) is 0 Å². The molecule has 1 heterocycles. The largest absolute Gasteiger partial charge is 0.433 e. The SMILES string of the molecule is Cn1c(C(F)(F)F)cnc1-c1ccc(Cl)cc1. The Morgan fingerprint density at radius 2 is 1.76 bits per heavy atom. The first kappa shape index (κ1) is 12.0. The maximum absolute atomic E-state index is 12.6. The second kappa shape index (κ2) is 4.07. The van der Waals surface area contributed by atoms with Crippen LogP contribution in [0.5, 0.6) is 0 Å². The lowest BCUT2D eigenvalue weighted by Gasteiger charge is -2.08. The zero-order valence-electron chi connectivity index (χ0n) is 8.79. The highest BCUT2D eigenvalue weighted by atomic mass is 35.5. The van der Waals surface area contributed by atoms with Gasteiger partial charge in [0.25, 0.3) is 0 Å². The van der Waals surface area contributed by atoms with Gasteiger partial charge in [0.15, 0.2) is 0 Å². The van der Waals surface area contributed by atoms with E-state index in [0.29, 0.717) is 10.6 Å². The number of halogens is 4. The number of nitrogens with zero attached hydrogens (tertiary/aromatic N) is 2. The number of benzene rings is 1. The second-order valence-electron chi connectivity index (χ2n) is 3.53. The Balaban J connectivity index is 2.48. The van der Waals surface area contributed by atoms with Crippen molar-refractivity contribution >= 4 is 11.6 Å². The number of aromatic nitrogens is 2. The summed E-state index contributed by atoms with van der Waals surface area (Å²) in [6.45, 7) is 0. The van der Waals surface area contributed by atoms with Gasteiger partial charge in [-0.1, -0.05) is 11.6 Å². The quantitative estimate of drug-likeness (QED) is 0.763. The predicted octanol–water partition coefficient (Wildman–Crippen LogP) is 3.76. The van der Waals surface area contributed by atoms with Crippen LogP contribution in [-0.4, -0.2) is 9.55 Å². The molecule has 1 aromatic heterocycles. The summed E-state index contributed by atoms with van der Waals surface area (Å²) in [6.07, 6.45) is -3.57. The van der Waals surface area contributed by atoms with Crippen molar-refractivity contribution in [2.24, 2.45) is 7.05 Å². The van der Waals surface area contributed by atoms with Crippen LogP contribution in [0.1, 0.15) is 5.69 Å². The van der Waals surface area contributed by atoms with Crippen LogP contribution in [0, 0.1) is 0 Å². The third-order valence-electron chi connectivity index (χ3n) is 2.38. The minimum Gasteiger partial charge on any atom is -0.324 e. The molecule has 0 saturated heterocycles. The minimum absolute atomic E-state index is 0.258. The Kier molecular flexibility index (Phi) is 2.87. The highest BCUT2D eigenvalue weighted by Crippen LogP contribution is 2.31. The zero-order valence-corrected chi connectivity index (χ0v) is 9.55. The molecule has 0 unspecified atom stereocenters. The molecule has 2 aromatic rings. The molecule has 0 aliphatic rings. The maximum atomic E-state index is 12.6. The molecule has 0 atom stereocenters. The summed E-state index contributed by atoms with van der Waals surface area (Å²) in [5.74, 6) is 0.258. The third kappa shape index (κ3) is 2.29. The molecule has 17 heavy (non-hydrogen) atoms. The summed E-state index contributed by atoms with van der Waals surface area (Å²) in [4.78, 5) is 3.78. The first-order valence-electron chi connectivity index (χ1n) is 4.74. The summed E-state index contributed by atoms with van der Waals surface area (Å²) in [5, 5.41) is 0.527. The molecule has 2 rings (SSSR count). The zero-order chi connectivity index (χ0) is 12.6. The fourth-order valence-electron chi connectivity index (χ4n) is 1.54.